The predicted octanol–water partition coefficient (Wildman–Crippen LogP) is 4.73. The average molecular weight is 350 g/mol. The van der Waals surface area contributed by atoms with Gasteiger partial charge in [0.15, 0.2) is 0 Å². The van der Waals surface area contributed by atoms with Gasteiger partial charge in [-0.2, -0.15) is 0 Å². The van der Waals surface area contributed by atoms with E-state index in [1.165, 1.54) is 11.3 Å². The lowest BCUT2D eigenvalue weighted by atomic mass is 10.2. The Labute approximate surface area is 129 Å². The maximum absolute atomic E-state index is 5.22. The summed E-state index contributed by atoms with van der Waals surface area (Å²) >= 11 is 5.29. The molecular formula is C14H12BrN3OS. The fourth-order valence-electron chi connectivity index (χ4n) is 1.97. The second kappa shape index (κ2) is 5.76. The molecule has 2 heterocycles. The highest BCUT2D eigenvalue weighted by Crippen LogP contribution is 2.31. The maximum atomic E-state index is 5.22. The van der Waals surface area contributed by atoms with Gasteiger partial charge in [-0.05, 0) is 52.5 Å². The van der Waals surface area contributed by atoms with Crippen LogP contribution in [0, 0.1) is 0 Å². The van der Waals surface area contributed by atoms with Crippen LogP contribution in [-0.4, -0.2) is 10.2 Å². The summed E-state index contributed by atoms with van der Waals surface area (Å²) in [6.07, 6.45) is 1.33. The van der Waals surface area contributed by atoms with Crippen LogP contribution < -0.4 is 5.32 Å². The zero-order valence-electron chi connectivity index (χ0n) is 10.7. The van der Waals surface area contributed by atoms with Crippen LogP contribution in [0.3, 0.4) is 0 Å². The molecular weight excluding hydrogens is 338 g/mol. The lowest BCUT2D eigenvalue weighted by Crippen LogP contribution is -2.05. The van der Waals surface area contributed by atoms with Crippen molar-refractivity contribution in [2.75, 3.05) is 5.32 Å². The number of nitrogens with one attached hydrogen (secondary N) is 1. The van der Waals surface area contributed by atoms with Crippen LogP contribution in [-0.2, 0) is 0 Å². The van der Waals surface area contributed by atoms with Gasteiger partial charge in [-0.3, -0.25) is 0 Å². The first-order chi connectivity index (χ1) is 9.74. The van der Waals surface area contributed by atoms with Gasteiger partial charge in [0, 0.05) is 20.6 Å². The molecule has 1 atom stereocenters. The smallest absolute Gasteiger partial charge is 0.247 e. The fourth-order valence-corrected chi connectivity index (χ4v) is 3.70. The van der Waals surface area contributed by atoms with Crippen LogP contribution in [0.1, 0.15) is 17.8 Å². The monoisotopic (exact) mass is 349 g/mol. The zero-order chi connectivity index (χ0) is 13.9. The number of hydrogen-bond acceptors (Lipinski definition) is 5. The van der Waals surface area contributed by atoms with Crippen molar-refractivity contribution in [1.29, 1.82) is 0 Å². The highest BCUT2D eigenvalue weighted by atomic mass is 79.9. The molecule has 1 unspecified atom stereocenters. The SMILES string of the molecule is CC(Nc1cccc(-c2nnco2)c1)c1sccc1Br. The number of halogens is 1. The second-order valence-electron chi connectivity index (χ2n) is 4.32. The van der Waals surface area contributed by atoms with E-state index < -0.39 is 0 Å². The maximum Gasteiger partial charge on any atom is 0.247 e. The highest BCUT2D eigenvalue weighted by Gasteiger charge is 2.11. The number of aromatic nitrogens is 2. The van der Waals surface area contributed by atoms with Crippen molar-refractivity contribution < 1.29 is 4.42 Å². The van der Waals surface area contributed by atoms with Crippen LogP contribution in [0.2, 0.25) is 0 Å². The van der Waals surface area contributed by atoms with Gasteiger partial charge in [0.25, 0.3) is 0 Å². The summed E-state index contributed by atoms with van der Waals surface area (Å²) in [6.45, 7) is 2.13. The van der Waals surface area contributed by atoms with Crippen LogP contribution >= 0.6 is 27.3 Å². The van der Waals surface area contributed by atoms with E-state index in [0.29, 0.717) is 5.89 Å². The molecule has 0 radical (unpaired) electrons. The van der Waals surface area contributed by atoms with E-state index in [1.807, 2.05) is 24.3 Å². The van der Waals surface area contributed by atoms with Gasteiger partial charge in [-0.25, -0.2) is 0 Å². The fraction of sp³-hybridized carbons (Fsp3) is 0.143. The molecule has 0 bridgehead atoms. The Bertz CT molecular complexity index is 696. The van der Waals surface area contributed by atoms with Gasteiger partial charge in [-0.1, -0.05) is 6.07 Å². The summed E-state index contributed by atoms with van der Waals surface area (Å²) < 4.78 is 6.35. The third-order valence-corrected chi connectivity index (χ3v) is 4.94. The van der Waals surface area contributed by atoms with Gasteiger partial charge >= 0.3 is 0 Å². The Balaban J connectivity index is 1.81. The molecule has 3 aromatic rings. The van der Waals surface area contributed by atoms with Gasteiger partial charge in [0.2, 0.25) is 12.3 Å². The summed E-state index contributed by atoms with van der Waals surface area (Å²) in [7, 11) is 0. The summed E-state index contributed by atoms with van der Waals surface area (Å²) in [6, 6.07) is 10.2. The summed E-state index contributed by atoms with van der Waals surface area (Å²) in [5.74, 6) is 0.526. The van der Waals surface area contributed by atoms with E-state index >= 15 is 0 Å². The summed E-state index contributed by atoms with van der Waals surface area (Å²) in [4.78, 5) is 1.27. The van der Waals surface area contributed by atoms with Crippen molar-refractivity contribution in [3.8, 4) is 11.5 Å². The quantitative estimate of drug-likeness (QED) is 0.739. The number of rotatable bonds is 4. The Hall–Kier alpha value is -1.66. The molecule has 2 aromatic heterocycles. The molecule has 0 spiro atoms. The van der Waals surface area contributed by atoms with E-state index in [0.717, 1.165) is 15.7 Å². The number of benzene rings is 1. The summed E-state index contributed by atoms with van der Waals surface area (Å²) in [5, 5.41) is 13.2. The molecule has 0 aliphatic rings. The number of thiophene rings is 1. The zero-order valence-corrected chi connectivity index (χ0v) is 13.1. The van der Waals surface area contributed by atoms with E-state index in [9.17, 15) is 0 Å². The molecule has 20 heavy (non-hydrogen) atoms. The average Bonchev–Trinajstić information content (AvgIpc) is 3.09. The van der Waals surface area contributed by atoms with E-state index in [4.69, 9.17) is 4.42 Å². The number of hydrogen-bond donors (Lipinski definition) is 1. The van der Waals surface area contributed by atoms with Crippen LogP contribution in [0.4, 0.5) is 5.69 Å². The predicted molar refractivity (Wildman–Crippen MR) is 83.8 cm³/mol. The Morgan fingerprint density at radius 1 is 1.35 bits per heavy atom. The van der Waals surface area contributed by atoms with E-state index in [1.54, 1.807) is 11.3 Å². The van der Waals surface area contributed by atoms with Gasteiger partial charge in [0.05, 0.1) is 6.04 Å². The molecule has 4 nitrogen and oxygen atoms in total. The summed E-state index contributed by atoms with van der Waals surface area (Å²) in [5.41, 5.74) is 1.93. The van der Waals surface area contributed by atoms with Crippen molar-refractivity contribution in [2.45, 2.75) is 13.0 Å². The van der Waals surface area contributed by atoms with Crippen molar-refractivity contribution in [2.24, 2.45) is 0 Å². The molecule has 0 aliphatic carbocycles. The van der Waals surface area contributed by atoms with Crippen molar-refractivity contribution >= 4 is 33.0 Å². The number of anilines is 1. The lowest BCUT2D eigenvalue weighted by Gasteiger charge is -2.15. The molecule has 0 fully saturated rings. The molecule has 0 amide bonds. The Kier molecular flexibility index (Phi) is 3.84. The van der Waals surface area contributed by atoms with Crippen LogP contribution in [0.25, 0.3) is 11.5 Å². The first kappa shape index (κ1) is 13.3. The minimum absolute atomic E-state index is 0.224. The standard InChI is InChI=1S/C14H12BrN3OS/c1-9(13-12(15)5-6-20-13)17-11-4-2-3-10(7-11)14-18-16-8-19-14/h2-9,17H,1H3. The van der Waals surface area contributed by atoms with Crippen molar-refractivity contribution in [1.82, 2.24) is 10.2 Å². The third kappa shape index (κ3) is 2.76. The largest absolute Gasteiger partial charge is 0.423 e. The van der Waals surface area contributed by atoms with Gasteiger partial charge < -0.3 is 9.73 Å². The first-order valence-corrected chi connectivity index (χ1v) is 7.77. The van der Waals surface area contributed by atoms with Crippen molar-refractivity contribution in [3.05, 3.63) is 51.5 Å². The Morgan fingerprint density at radius 2 is 2.25 bits per heavy atom. The second-order valence-corrected chi connectivity index (χ2v) is 6.13. The van der Waals surface area contributed by atoms with Crippen LogP contribution in [0.5, 0.6) is 0 Å². The van der Waals surface area contributed by atoms with Gasteiger partial charge in [0.1, 0.15) is 0 Å². The van der Waals surface area contributed by atoms with E-state index in [-0.39, 0.29) is 6.04 Å². The minimum Gasteiger partial charge on any atom is -0.423 e. The molecule has 3 rings (SSSR count). The third-order valence-electron chi connectivity index (χ3n) is 2.89. The highest BCUT2D eigenvalue weighted by molar-refractivity contribution is 9.10. The van der Waals surface area contributed by atoms with E-state index in [2.05, 4.69) is 49.8 Å². The Morgan fingerprint density at radius 3 is 2.95 bits per heavy atom. The normalized spacial score (nSPS) is 12.3. The first-order valence-electron chi connectivity index (χ1n) is 6.10. The molecule has 1 N–H and O–H groups in total. The lowest BCUT2D eigenvalue weighted by molar-refractivity contribution is 0.568. The molecule has 6 heteroatoms. The molecule has 1 aromatic carbocycles. The van der Waals surface area contributed by atoms with Crippen LogP contribution in [0.15, 0.2) is 51.0 Å². The topological polar surface area (TPSA) is 51.0 Å². The molecule has 0 saturated heterocycles. The number of nitrogens with zero attached hydrogens (tertiary/aromatic N) is 2. The molecule has 0 saturated carbocycles. The van der Waals surface area contributed by atoms with Gasteiger partial charge in [-0.15, -0.1) is 21.5 Å². The molecule has 0 aliphatic heterocycles. The molecule has 102 valence electrons. The minimum atomic E-state index is 0.224. The van der Waals surface area contributed by atoms with Crippen molar-refractivity contribution in [3.63, 3.8) is 0 Å².